The van der Waals surface area contributed by atoms with Crippen molar-refractivity contribution in [2.75, 3.05) is 32.7 Å². The summed E-state index contributed by atoms with van der Waals surface area (Å²) in [5, 5.41) is 3.28. The lowest BCUT2D eigenvalue weighted by molar-refractivity contribution is 0.309. The molecular formula is C14H27N3O2S2. The van der Waals surface area contributed by atoms with E-state index in [9.17, 15) is 8.42 Å². The Hall–Kier alpha value is -0.470. The lowest BCUT2D eigenvalue weighted by Gasteiger charge is -2.17. The van der Waals surface area contributed by atoms with Crippen molar-refractivity contribution in [3.8, 4) is 0 Å². The van der Waals surface area contributed by atoms with Gasteiger partial charge in [-0.3, -0.25) is 0 Å². The van der Waals surface area contributed by atoms with Crippen LogP contribution in [0, 0.1) is 0 Å². The minimum Gasteiger partial charge on any atom is -0.312 e. The maximum atomic E-state index is 12.2. The molecule has 0 amide bonds. The first-order valence-electron chi connectivity index (χ1n) is 7.54. The van der Waals surface area contributed by atoms with Gasteiger partial charge in [0.1, 0.15) is 4.21 Å². The van der Waals surface area contributed by atoms with Crippen LogP contribution in [0.25, 0.3) is 0 Å². The molecule has 1 aromatic rings. The van der Waals surface area contributed by atoms with Gasteiger partial charge in [0.15, 0.2) is 0 Å². The zero-order chi connectivity index (χ0) is 15.7. The lowest BCUT2D eigenvalue weighted by atomic mass is 10.4. The van der Waals surface area contributed by atoms with Gasteiger partial charge in [-0.05, 0) is 38.2 Å². The fourth-order valence-electron chi connectivity index (χ4n) is 1.94. The third kappa shape index (κ3) is 6.44. The van der Waals surface area contributed by atoms with Crippen molar-refractivity contribution < 1.29 is 8.42 Å². The van der Waals surface area contributed by atoms with Gasteiger partial charge < -0.3 is 10.2 Å². The Kier molecular flexibility index (Phi) is 8.43. The number of nitrogens with zero attached hydrogens (tertiary/aromatic N) is 1. The second kappa shape index (κ2) is 9.53. The van der Waals surface area contributed by atoms with E-state index in [0.29, 0.717) is 10.8 Å². The van der Waals surface area contributed by atoms with Crippen LogP contribution >= 0.6 is 11.3 Å². The van der Waals surface area contributed by atoms with Crippen LogP contribution in [0.1, 0.15) is 32.1 Å². The molecule has 0 aliphatic carbocycles. The van der Waals surface area contributed by atoms with Gasteiger partial charge in [0, 0.05) is 24.5 Å². The smallest absolute Gasteiger partial charge is 0.250 e. The molecule has 0 atom stereocenters. The molecule has 0 unspecified atom stereocenters. The van der Waals surface area contributed by atoms with Crippen LogP contribution in [-0.2, 0) is 16.6 Å². The molecule has 122 valence electrons. The molecule has 0 saturated heterocycles. The van der Waals surface area contributed by atoms with Crippen molar-refractivity contribution in [3.63, 3.8) is 0 Å². The van der Waals surface area contributed by atoms with E-state index >= 15 is 0 Å². The summed E-state index contributed by atoms with van der Waals surface area (Å²) in [4.78, 5) is 3.24. The van der Waals surface area contributed by atoms with Gasteiger partial charge in [0.2, 0.25) is 10.0 Å². The molecule has 0 saturated carbocycles. The highest BCUT2D eigenvalue weighted by Crippen LogP contribution is 2.21. The molecule has 0 radical (unpaired) electrons. The van der Waals surface area contributed by atoms with Crippen molar-refractivity contribution in [1.29, 1.82) is 0 Å². The first-order chi connectivity index (χ1) is 10.0. The maximum Gasteiger partial charge on any atom is 0.250 e. The van der Waals surface area contributed by atoms with E-state index in [2.05, 4.69) is 35.7 Å². The van der Waals surface area contributed by atoms with Crippen LogP contribution in [-0.4, -0.2) is 46.0 Å². The molecular weight excluding hydrogens is 306 g/mol. The Labute approximate surface area is 132 Å². The van der Waals surface area contributed by atoms with Gasteiger partial charge in [-0.1, -0.05) is 20.8 Å². The van der Waals surface area contributed by atoms with Crippen molar-refractivity contribution in [2.24, 2.45) is 0 Å². The molecule has 0 aliphatic rings. The Morgan fingerprint density at radius 3 is 2.48 bits per heavy atom. The summed E-state index contributed by atoms with van der Waals surface area (Å²) >= 11 is 1.33. The van der Waals surface area contributed by atoms with Gasteiger partial charge in [-0.25, -0.2) is 13.1 Å². The van der Waals surface area contributed by atoms with Crippen molar-refractivity contribution in [3.05, 3.63) is 17.0 Å². The van der Waals surface area contributed by atoms with E-state index in [0.717, 1.165) is 44.0 Å². The van der Waals surface area contributed by atoms with Crippen molar-refractivity contribution >= 4 is 21.4 Å². The summed E-state index contributed by atoms with van der Waals surface area (Å²) in [6, 6.07) is 3.57. The number of sulfonamides is 1. The summed E-state index contributed by atoms with van der Waals surface area (Å²) in [5.74, 6) is 0. The van der Waals surface area contributed by atoms with E-state index in [1.165, 1.54) is 11.3 Å². The topological polar surface area (TPSA) is 61.4 Å². The largest absolute Gasteiger partial charge is 0.312 e. The van der Waals surface area contributed by atoms with Crippen molar-refractivity contribution in [2.45, 2.75) is 37.9 Å². The van der Waals surface area contributed by atoms with Crippen LogP contribution in [0.2, 0.25) is 0 Å². The van der Waals surface area contributed by atoms with Crippen LogP contribution in [0.15, 0.2) is 16.3 Å². The maximum absolute atomic E-state index is 12.2. The minimum atomic E-state index is -3.37. The van der Waals surface area contributed by atoms with Crippen LogP contribution in [0.5, 0.6) is 0 Å². The van der Waals surface area contributed by atoms with Gasteiger partial charge >= 0.3 is 0 Å². The number of nitrogens with one attached hydrogen (secondary N) is 2. The molecule has 1 aromatic heterocycles. The van der Waals surface area contributed by atoms with E-state index in [1.807, 2.05) is 6.07 Å². The third-order valence-corrected chi connectivity index (χ3v) is 6.28. The van der Waals surface area contributed by atoms with Gasteiger partial charge in [0.05, 0.1) is 0 Å². The third-order valence-electron chi connectivity index (χ3n) is 3.24. The van der Waals surface area contributed by atoms with E-state index < -0.39 is 10.0 Å². The molecule has 2 N–H and O–H groups in total. The van der Waals surface area contributed by atoms with Crippen LogP contribution in [0.3, 0.4) is 0 Å². The average molecular weight is 334 g/mol. The highest BCUT2D eigenvalue weighted by atomic mass is 32.2. The summed E-state index contributed by atoms with van der Waals surface area (Å²) in [6.07, 6.45) is 1.07. The quantitative estimate of drug-likeness (QED) is 0.607. The molecule has 0 bridgehead atoms. The van der Waals surface area contributed by atoms with Crippen molar-refractivity contribution in [1.82, 2.24) is 14.9 Å². The molecule has 0 aromatic carbocycles. The monoisotopic (exact) mass is 333 g/mol. The van der Waals surface area contributed by atoms with E-state index in [1.54, 1.807) is 6.07 Å². The Bertz CT molecular complexity index is 496. The molecule has 21 heavy (non-hydrogen) atoms. The predicted octanol–water partition coefficient (Wildman–Crippen LogP) is 1.87. The number of thiophene rings is 1. The molecule has 1 heterocycles. The first kappa shape index (κ1) is 18.6. The normalized spacial score (nSPS) is 12.2. The Balaban J connectivity index is 2.50. The first-order valence-corrected chi connectivity index (χ1v) is 9.84. The Morgan fingerprint density at radius 1 is 1.14 bits per heavy atom. The summed E-state index contributed by atoms with van der Waals surface area (Å²) in [6.45, 7) is 11.0. The average Bonchev–Trinajstić information content (AvgIpc) is 2.94. The van der Waals surface area contributed by atoms with E-state index in [4.69, 9.17) is 0 Å². The molecule has 7 heteroatoms. The SMILES string of the molecule is CCCNCc1ccc(S(=O)(=O)NCCN(CC)CC)s1. The summed E-state index contributed by atoms with van der Waals surface area (Å²) < 4.78 is 27.5. The van der Waals surface area contributed by atoms with Crippen LogP contribution < -0.4 is 10.0 Å². The number of rotatable bonds is 11. The number of hydrogen-bond donors (Lipinski definition) is 2. The fourth-order valence-corrected chi connectivity index (χ4v) is 4.33. The molecule has 0 fully saturated rings. The minimum absolute atomic E-state index is 0.398. The second-order valence-electron chi connectivity index (χ2n) is 4.82. The highest BCUT2D eigenvalue weighted by Gasteiger charge is 2.16. The molecule has 0 spiro atoms. The van der Waals surface area contributed by atoms with Gasteiger partial charge in [-0.15, -0.1) is 11.3 Å². The summed E-state index contributed by atoms with van der Waals surface area (Å²) in [7, 11) is -3.37. The predicted molar refractivity (Wildman–Crippen MR) is 89.3 cm³/mol. The van der Waals surface area contributed by atoms with Gasteiger partial charge in [0.25, 0.3) is 0 Å². The Morgan fingerprint density at radius 2 is 1.86 bits per heavy atom. The highest BCUT2D eigenvalue weighted by molar-refractivity contribution is 7.91. The second-order valence-corrected chi connectivity index (χ2v) is 7.98. The lowest BCUT2D eigenvalue weighted by Crippen LogP contribution is -2.34. The molecule has 5 nitrogen and oxygen atoms in total. The number of hydrogen-bond acceptors (Lipinski definition) is 5. The fraction of sp³-hybridized carbons (Fsp3) is 0.714. The number of likely N-dealkylation sites (N-methyl/N-ethyl adjacent to an activating group) is 1. The zero-order valence-corrected chi connectivity index (χ0v) is 14.8. The molecule has 0 aliphatic heterocycles. The standard InChI is InChI=1S/C14H27N3O2S2/c1-4-9-15-12-13-7-8-14(20-13)21(18,19)16-10-11-17(5-2)6-3/h7-8,15-16H,4-6,9-12H2,1-3H3. The van der Waals surface area contributed by atoms with Gasteiger partial charge in [-0.2, -0.15) is 0 Å². The van der Waals surface area contributed by atoms with E-state index in [-0.39, 0.29) is 0 Å². The molecule has 1 rings (SSSR count). The van der Waals surface area contributed by atoms with Crippen LogP contribution in [0.4, 0.5) is 0 Å². The zero-order valence-electron chi connectivity index (χ0n) is 13.2. The summed E-state index contributed by atoms with van der Waals surface area (Å²) in [5.41, 5.74) is 0.